The van der Waals surface area contributed by atoms with E-state index in [2.05, 4.69) is 10.0 Å². The van der Waals surface area contributed by atoms with Crippen molar-refractivity contribution in [3.8, 4) is 5.75 Å². The average molecular weight is 407 g/mol. The summed E-state index contributed by atoms with van der Waals surface area (Å²) < 4.78 is 34.6. The number of benzene rings is 2. The van der Waals surface area contributed by atoms with Gasteiger partial charge in [-0.05, 0) is 48.9 Å². The molecule has 0 saturated carbocycles. The Labute approximate surface area is 163 Å². The molecule has 2 aromatic rings. The molecular weight excluding hydrogens is 384 g/mol. The molecule has 0 aromatic heterocycles. The van der Waals surface area contributed by atoms with Crippen LogP contribution in [0.4, 0.5) is 5.69 Å². The van der Waals surface area contributed by atoms with Crippen molar-refractivity contribution in [3.63, 3.8) is 0 Å². The van der Waals surface area contributed by atoms with Crippen LogP contribution in [0.25, 0.3) is 0 Å². The second-order valence-electron chi connectivity index (χ2n) is 6.12. The van der Waals surface area contributed by atoms with E-state index in [-0.39, 0.29) is 22.6 Å². The van der Waals surface area contributed by atoms with Crippen LogP contribution in [0.5, 0.6) is 5.75 Å². The van der Waals surface area contributed by atoms with E-state index in [0.29, 0.717) is 18.7 Å². The minimum absolute atomic E-state index is 0.0197. The largest absolute Gasteiger partial charge is 0.492 e. The van der Waals surface area contributed by atoms with Crippen molar-refractivity contribution in [2.24, 2.45) is 0 Å². The van der Waals surface area contributed by atoms with Crippen molar-refractivity contribution in [1.29, 1.82) is 0 Å². The van der Waals surface area contributed by atoms with Gasteiger partial charge in [0.05, 0.1) is 6.61 Å². The maximum absolute atomic E-state index is 13.1. The molecule has 1 heterocycles. The van der Waals surface area contributed by atoms with Crippen LogP contribution in [0, 0.1) is 0 Å². The molecule has 8 heteroatoms. The van der Waals surface area contributed by atoms with Gasteiger partial charge in [0.25, 0.3) is 0 Å². The van der Waals surface area contributed by atoms with Crippen LogP contribution in [-0.2, 0) is 14.8 Å². The number of amides is 1. The Morgan fingerprint density at radius 3 is 2.78 bits per heavy atom. The molecule has 1 amide bonds. The third-order valence-electron chi connectivity index (χ3n) is 4.11. The highest BCUT2D eigenvalue weighted by Gasteiger charge is 2.28. The lowest BCUT2D eigenvalue weighted by Crippen LogP contribution is -2.31. The van der Waals surface area contributed by atoms with Gasteiger partial charge in [0.2, 0.25) is 15.9 Å². The third-order valence-corrected chi connectivity index (χ3v) is 6.72. The molecule has 2 N–H and O–H groups in total. The first-order valence-electron chi connectivity index (χ1n) is 8.69. The number of thioether (sulfide) groups is 1. The van der Waals surface area contributed by atoms with Gasteiger partial charge in [0.15, 0.2) is 0 Å². The number of rotatable bonds is 6. The molecule has 2 aromatic carbocycles. The summed E-state index contributed by atoms with van der Waals surface area (Å²) in [5.41, 5.74) is 1.39. The number of hydrogen-bond acceptors (Lipinski definition) is 5. The zero-order chi connectivity index (χ0) is 19.4. The molecule has 0 spiro atoms. The summed E-state index contributed by atoms with van der Waals surface area (Å²) in [5, 5.41) is 2.62. The average Bonchev–Trinajstić information content (AvgIpc) is 2.63. The summed E-state index contributed by atoms with van der Waals surface area (Å²) in [5.74, 6) is 0.834. The smallest absolute Gasteiger partial charge is 0.244 e. The van der Waals surface area contributed by atoms with E-state index in [1.165, 1.54) is 13.0 Å². The Kier molecular flexibility index (Phi) is 6.08. The Morgan fingerprint density at radius 2 is 2.04 bits per heavy atom. The van der Waals surface area contributed by atoms with Crippen molar-refractivity contribution in [2.45, 2.75) is 36.1 Å². The Hall–Kier alpha value is -2.03. The quantitative estimate of drug-likeness (QED) is 0.766. The number of anilines is 1. The lowest BCUT2D eigenvalue weighted by Gasteiger charge is -2.26. The molecule has 1 aliphatic rings. The van der Waals surface area contributed by atoms with Crippen LogP contribution < -0.4 is 14.8 Å². The normalized spacial score (nSPS) is 16.4. The van der Waals surface area contributed by atoms with E-state index in [1.807, 2.05) is 24.3 Å². The predicted molar refractivity (Wildman–Crippen MR) is 107 cm³/mol. The van der Waals surface area contributed by atoms with Gasteiger partial charge >= 0.3 is 0 Å². The number of carbonyl (C=O) groups is 1. The van der Waals surface area contributed by atoms with Gasteiger partial charge in [-0.25, -0.2) is 13.1 Å². The fourth-order valence-corrected chi connectivity index (χ4v) is 5.53. The van der Waals surface area contributed by atoms with Crippen LogP contribution >= 0.6 is 11.8 Å². The van der Waals surface area contributed by atoms with Gasteiger partial charge in [0.1, 0.15) is 10.6 Å². The van der Waals surface area contributed by atoms with Gasteiger partial charge in [-0.1, -0.05) is 18.2 Å². The Bertz CT molecular complexity index is 944. The molecule has 1 aliphatic heterocycles. The number of nitrogens with one attached hydrogen (secondary N) is 2. The van der Waals surface area contributed by atoms with Gasteiger partial charge in [-0.2, -0.15) is 0 Å². The summed E-state index contributed by atoms with van der Waals surface area (Å²) in [7, 11) is -3.85. The first-order chi connectivity index (χ1) is 12.9. The molecule has 1 atom stereocenters. The molecule has 0 saturated heterocycles. The molecule has 0 fully saturated rings. The van der Waals surface area contributed by atoms with E-state index in [1.54, 1.807) is 30.8 Å². The van der Waals surface area contributed by atoms with E-state index < -0.39 is 10.0 Å². The second kappa shape index (κ2) is 8.33. The van der Waals surface area contributed by atoms with Crippen molar-refractivity contribution in [3.05, 3.63) is 48.0 Å². The Balaban J connectivity index is 1.95. The van der Waals surface area contributed by atoms with E-state index in [4.69, 9.17) is 4.74 Å². The van der Waals surface area contributed by atoms with E-state index >= 15 is 0 Å². The Morgan fingerprint density at radius 1 is 1.26 bits per heavy atom. The first-order valence-corrected chi connectivity index (χ1v) is 11.2. The zero-order valence-corrected chi connectivity index (χ0v) is 16.8. The molecule has 0 unspecified atom stereocenters. The number of ether oxygens (including phenoxy) is 1. The molecule has 144 valence electrons. The number of fused-ring (bicyclic) bond motifs is 1. The van der Waals surface area contributed by atoms with Crippen LogP contribution in [-0.4, -0.2) is 26.7 Å². The lowest BCUT2D eigenvalue weighted by molar-refractivity contribution is -0.114. The highest BCUT2D eigenvalue weighted by molar-refractivity contribution is 7.99. The number of sulfonamides is 1. The maximum Gasteiger partial charge on any atom is 0.244 e. The number of carbonyl (C=O) groups excluding carboxylic acids is 1. The first kappa shape index (κ1) is 19.7. The van der Waals surface area contributed by atoms with Crippen molar-refractivity contribution in [2.75, 3.05) is 17.7 Å². The summed E-state index contributed by atoms with van der Waals surface area (Å²) in [6.07, 6.45) is 0.705. The molecule has 0 radical (unpaired) electrons. The zero-order valence-electron chi connectivity index (χ0n) is 15.2. The van der Waals surface area contributed by atoms with Crippen LogP contribution in [0.2, 0.25) is 0 Å². The molecule has 0 bridgehead atoms. The fourth-order valence-electron chi connectivity index (χ4n) is 2.99. The summed E-state index contributed by atoms with van der Waals surface area (Å²) in [6, 6.07) is 12.1. The molecular formula is C19H22N2O4S2. The lowest BCUT2D eigenvalue weighted by atomic mass is 10.1. The second-order valence-corrected chi connectivity index (χ2v) is 8.94. The summed E-state index contributed by atoms with van der Waals surface area (Å²) in [6.45, 7) is 3.50. The van der Waals surface area contributed by atoms with E-state index in [0.717, 1.165) is 16.2 Å². The monoisotopic (exact) mass is 406 g/mol. The predicted octanol–water partition coefficient (Wildman–Crippen LogP) is 3.56. The summed E-state index contributed by atoms with van der Waals surface area (Å²) >= 11 is 1.73. The topological polar surface area (TPSA) is 84.5 Å². The van der Waals surface area contributed by atoms with Gasteiger partial charge in [-0.3, -0.25) is 4.79 Å². The van der Waals surface area contributed by atoms with Crippen LogP contribution in [0.15, 0.2) is 52.3 Å². The van der Waals surface area contributed by atoms with Crippen molar-refractivity contribution in [1.82, 2.24) is 4.72 Å². The van der Waals surface area contributed by atoms with Crippen LogP contribution in [0.3, 0.4) is 0 Å². The molecule has 6 nitrogen and oxygen atoms in total. The van der Waals surface area contributed by atoms with Gasteiger partial charge in [0, 0.05) is 23.5 Å². The molecule has 27 heavy (non-hydrogen) atoms. The fraction of sp³-hybridized carbons (Fsp3) is 0.316. The summed E-state index contributed by atoms with van der Waals surface area (Å²) in [4.78, 5) is 12.4. The van der Waals surface area contributed by atoms with Gasteiger partial charge < -0.3 is 10.1 Å². The standard InChI is InChI=1S/C19H22N2O4S2/c1-3-25-17-9-8-14(20-13(2)22)12-19(17)27(23,24)21-16-10-11-26-18-7-5-4-6-15(16)18/h4-9,12,16,21H,3,10-11H2,1-2H3,(H,20,22)/t16-/m0/s1. The van der Waals surface area contributed by atoms with E-state index in [9.17, 15) is 13.2 Å². The van der Waals surface area contributed by atoms with Gasteiger partial charge in [-0.15, -0.1) is 11.8 Å². The third kappa shape index (κ3) is 4.63. The SMILES string of the molecule is CCOc1ccc(NC(C)=O)cc1S(=O)(=O)N[C@H]1CCSc2ccccc21. The maximum atomic E-state index is 13.1. The minimum atomic E-state index is -3.85. The molecule has 3 rings (SSSR count). The highest BCUT2D eigenvalue weighted by atomic mass is 32.2. The molecule has 0 aliphatic carbocycles. The van der Waals surface area contributed by atoms with Crippen molar-refractivity contribution < 1.29 is 17.9 Å². The number of hydrogen-bond donors (Lipinski definition) is 2. The van der Waals surface area contributed by atoms with Crippen molar-refractivity contribution >= 4 is 33.4 Å². The minimum Gasteiger partial charge on any atom is -0.492 e. The highest BCUT2D eigenvalue weighted by Crippen LogP contribution is 2.37. The van der Waals surface area contributed by atoms with Crippen LogP contribution in [0.1, 0.15) is 31.9 Å².